The highest BCUT2D eigenvalue weighted by atomic mass is 16.6. The molecular formula is C16H20N6O5. The maximum atomic E-state index is 12.1. The number of aliphatic carboxylic acids is 1. The molecule has 0 saturated heterocycles. The number of nitrogen functional groups attached to an aromatic ring is 1. The molecule has 11 heteroatoms. The molecule has 0 aliphatic carbocycles. The molecule has 1 atom stereocenters. The maximum Gasteiger partial charge on any atom is 0.321 e. The summed E-state index contributed by atoms with van der Waals surface area (Å²) >= 11 is 0. The number of nitro benzene ring substituents is 1. The van der Waals surface area contributed by atoms with Gasteiger partial charge in [0.05, 0.1) is 29.0 Å². The average Bonchev–Trinajstić information content (AvgIpc) is 3.12. The van der Waals surface area contributed by atoms with Crippen LogP contribution in [0.3, 0.4) is 0 Å². The van der Waals surface area contributed by atoms with Crippen molar-refractivity contribution in [2.24, 2.45) is 0 Å². The Balaban J connectivity index is 1.88. The number of aryl methyl sites for hydroxylation is 1. The first-order valence-electron chi connectivity index (χ1n) is 8.12. The molecule has 1 amide bonds. The molecule has 0 spiro atoms. The lowest BCUT2D eigenvalue weighted by Gasteiger charge is -2.15. The number of carboxylic acid groups (broad SMARTS) is 1. The molecule has 0 bridgehead atoms. The van der Waals surface area contributed by atoms with Crippen LogP contribution >= 0.6 is 0 Å². The van der Waals surface area contributed by atoms with Crippen LogP contribution in [0.15, 0.2) is 36.9 Å². The first-order chi connectivity index (χ1) is 12.9. The summed E-state index contributed by atoms with van der Waals surface area (Å²) in [5.41, 5.74) is 5.68. The smallest absolute Gasteiger partial charge is 0.321 e. The van der Waals surface area contributed by atoms with Gasteiger partial charge in [0.2, 0.25) is 5.91 Å². The quantitative estimate of drug-likeness (QED) is 0.205. The number of anilines is 2. The van der Waals surface area contributed by atoms with Gasteiger partial charge in [0.15, 0.2) is 0 Å². The number of hydrogen-bond donors (Lipinski definition) is 4. The molecule has 1 aromatic carbocycles. The van der Waals surface area contributed by atoms with Crippen LogP contribution in [-0.4, -0.2) is 44.0 Å². The standard InChI is InChI=1S/C16H20N6O5/c17-12-3-2-11(22(26)27)8-13(12)20-15(23)9-14(16(24)25)19-4-1-6-21-7-5-18-10-21/h2-3,5,7-8,10,14,19H,1,4,6,9,17H2,(H,20,23)(H,24,25). The molecule has 1 unspecified atom stereocenters. The number of hydrogen-bond acceptors (Lipinski definition) is 7. The summed E-state index contributed by atoms with van der Waals surface area (Å²) < 4.78 is 1.86. The molecule has 0 saturated carbocycles. The van der Waals surface area contributed by atoms with Crippen molar-refractivity contribution in [2.75, 3.05) is 17.6 Å². The molecule has 5 N–H and O–H groups in total. The number of rotatable bonds is 10. The average molecular weight is 376 g/mol. The van der Waals surface area contributed by atoms with Crippen LogP contribution in [0.5, 0.6) is 0 Å². The zero-order chi connectivity index (χ0) is 19.8. The van der Waals surface area contributed by atoms with E-state index in [9.17, 15) is 24.8 Å². The van der Waals surface area contributed by atoms with Crippen molar-refractivity contribution in [2.45, 2.75) is 25.4 Å². The van der Waals surface area contributed by atoms with E-state index in [0.29, 0.717) is 19.5 Å². The predicted molar refractivity (Wildman–Crippen MR) is 97.0 cm³/mol. The van der Waals surface area contributed by atoms with Gasteiger partial charge < -0.3 is 26.0 Å². The maximum absolute atomic E-state index is 12.1. The molecule has 1 aromatic heterocycles. The first-order valence-corrected chi connectivity index (χ1v) is 8.12. The van der Waals surface area contributed by atoms with E-state index in [4.69, 9.17) is 5.73 Å². The van der Waals surface area contributed by atoms with Crippen LogP contribution in [0, 0.1) is 10.1 Å². The topological polar surface area (TPSA) is 165 Å². The second-order valence-corrected chi connectivity index (χ2v) is 5.78. The minimum Gasteiger partial charge on any atom is -0.480 e. The lowest BCUT2D eigenvalue weighted by Crippen LogP contribution is -2.40. The third-order valence-corrected chi connectivity index (χ3v) is 3.75. The van der Waals surface area contributed by atoms with Crippen LogP contribution in [-0.2, 0) is 16.1 Å². The van der Waals surface area contributed by atoms with Gasteiger partial charge in [-0.1, -0.05) is 0 Å². The highest BCUT2D eigenvalue weighted by Gasteiger charge is 2.21. The molecule has 2 aromatic rings. The summed E-state index contributed by atoms with van der Waals surface area (Å²) in [7, 11) is 0. The number of carbonyl (C=O) groups is 2. The zero-order valence-electron chi connectivity index (χ0n) is 14.4. The molecule has 144 valence electrons. The van der Waals surface area contributed by atoms with E-state index in [2.05, 4.69) is 15.6 Å². The Kier molecular flexibility index (Phi) is 6.83. The molecule has 2 rings (SSSR count). The Hall–Kier alpha value is -3.47. The zero-order valence-corrected chi connectivity index (χ0v) is 14.4. The lowest BCUT2D eigenvalue weighted by molar-refractivity contribution is -0.384. The van der Waals surface area contributed by atoms with Gasteiger partial charge in [-0.05, 0) is 19.0 Å². The minimum absolute atomic E-state index is 0.0680. The summed E-state index contributed by atoms with van der Waals surface area (Å²) in [5.74, 6) is -1.78. The van der Waals surface area contributed by atoms with E-state index in [1.54, 1.807) is 18.7 Å². The fraction of sp³-hybridized carbons (Fsp3) is 0.312. The fourth-order valence-corrected chi connectivity index (χ4v) is 2.36. The van der Waals surface area contributed by atoms with Crippen molar-refractivity contribution in [1.29, 1.82) is 0 Å². The monoisotopic (exact) mass is 376 g/mol. The second-order valence-electron chi connectivity index (χ2n) is 5.78. The van der Waals surface area contributed by atoms with Gasteiger partial charge >= 0.3 is 5.97 Å². The lowest BCUT2D eigenvalue weighted by atomic mass is 10.1. The van der Waals surface area contributed by atoms with Gasteiger partial charge in [0.25, 0.3) is 5.69 Å². The van der Waals surface area contributed by atoms with Gasteiger partial charge in [-0.2, -0.15) is 0 Å². The number of carboxylic acids is 1. The molecule has 27 heavy (non-hydrogen) atoms. The van der Waals surface area contributed by atoms with Crippen molar-refractivity contribution in [3.05, 3.63) is 47.0 Å². The van der Waals surface area contributed by atoms with Crippen molar-refractivity contribution in [1.82, 2.24) is 14.9 Å². The highest BCUT2D eigenvalue weighted by Crippen LogP contribution is 2.24. The predicted octanol–water partition coefficient (Wildman–Crippen LogP) is 0.835. The SMILES string of the molecule is Nc1ccc([N+](=O)[O-])cc1NC(=O)CC(NCCCn1ccnc1)C(=O)O. The van der Waals surface area contributed by atoms with E-state index < -0.39 is 22.8 Å². The Morgan fingerprint density at radius 2 is 2.19 bits per heavy atom. The number of nitrogens with two attached hydrogens (primary N) is 1. The third-order valence-electron chi connectivity index (χ3n) is 3.75. The molecule has 11 nitrogen and oxygen atoms in total. The van der Waals surface area contributed by atoms with Gasteiger partial charge in [-0.15, -0.1) is 0 Å². The van der Waals surface area contributed by atoms with Gasteiger partial charge in [0.1, 0.15) is 6.04 Å². The summed E-state index contributed by atoms with van der Waals surface area (Å²) in [6.07, 6.45) is 5.41. The third kappa shape index (κ3) is 6.08. The van der Waals surface area contributed by atoms with E-state index in [1.807, 2.05) is 4.57 Å². The first kappa shape index (κ1) is 19.8. The minimum atomic E-state index is -1.17. The number of nitro groups is 1. The number of nitrogens with one attached hydrogen (secondary N) is 2. The van der Waals surface area contributed by atoms with E-state index in [1.165, 1.54) is 12.1 Å². The van der Waals surface area contributed by atoms with Gasteiger partial charge in [-0.25, -0.2) is 4.98 Å². The summed E-state index contributed by atoms with van der Waals surface area (Å²) in [6, 6.07) is 2.55. The number of carbonyl (C=O) groups excluding carboxylic acids is 1. The van der Waals surface area contributed by atoms with Gasteiger partial charge in [-0.3, -0.25) is 19.7 Å². The normalized spacial score (nSPS) is 11.7. The number of non-ortho nitro benzene ring substituents is 1. The van der Waals surface area contributed by atoms with Gasteiger partial charge in [0, 0.05) is 31.1 Å². The Morgan fingerprint density at radius 3 is 2.81 bits per heavy atom. The summed E-state index contributed by atoms with van der Waals surface area (Å²) in [4.78, 5) is 37.6. The van der Waals surface area contributed by atoms with Crippen molar-refractivity contribution in [3.8, 4) is 0 Å². The largest absolute Gasteiger partial charge is 0.480 e. The Morgan fingerprint density at radius 1 is 1.41 bits per heavy atom. The van der Waals surface area contributed by atoms with Crippen molar-refractivity contribution in [3.63, 3.8) is 0 Å². The molecule has 1 heterocycles. The van der Waals surface area contributed by atoms with E-state index >= 15 is 0 Å². The molecule has 0 aliphatic rings. The number of benzene rings is 1. The van der Waals surface area contributed by atoms with Crippen molar-refractivity contribution < 1.29 is 19.6 Å². The van der Waals surface area contributed by atoms with Crippen LogP contribution in [0.25, 0.3) is 0 Å². The van der Waals surface area contributed by atoms with Crippen LogP contribution in [0.1, 0.15) is 12.8 Å². The van der Waals surface area contributed by atoms with Crippen molar-refractivity contribution >= 4 is 28.9 Å². The number of imidazole rings is 1. The molecule has 0 aliphatic heterocycles. The fourth-order valence-electron chi connectivity index (χ4n) is 2.36. The number of nitrogens with zero attached hydrogens (tertiary/aromatic N) is 3. The van der Waals surface area contributed by atoms with Crippen LogP contribution in [0.4, 0.5) is 17.1 Å². The molecule has 0 radical (unpaired) electrons. The molecule has 0 fully saturated rings. The Bertz CT molecular complexity index is 808. The Labute approximate surface area is 154 Å². The molecular weight excluding hydrogens is 356 g/mol. The van der Waals surface area contributed by atoms with Crippen LogP contribution in [0.2, 0.25) is 0 Å². The second kappa shape index (κ2) is 9.29. The number of aromatic nitrogens is 2. The summed E-state index contributed by atoms with van der Waals surface area (Å²) in [6.45, 7) is 1.05. The summed E-state index contributed by atoms with van der Waals surface area (Å²) in [5, 5.41) is 25.3. The number of amides is 1. The van der Waals surface area contributed by atoms with Crippen LogP contribution < -0.4 is 16.4 Å². The van der Waals surface area contributed by atoms with E-state index in [0.717, 1.165) is 6.07 Å². The van der Waals surface area contributed by atoms with E-state index in [-0.39, 0.29) is 23.5 Å². The highest BCUT2D eigenvalue weighted by molar-refractivity contribution is 5.96.